The Morgan fingerprint density at radius 3 is 2.32 bits per heavy atom. The Labute approximate surface area is 199 Å². The highest BCUT2D eigenvalue weighted by atomic mass is 35.5. The summed E-state index contributed by atoms with van der Waals surface area (Å²) in [5.41, 5.74) is 1.75. The molecule has 3 atom stereocenters. The first kappa shape index (κ1) is 20.8. The Morgan fingerprint density at radius 1 is 0.794 bits per heavy atom. The molecule has 168 valence electrons. The smallest absolute Gasteiger partial charge is 0.266 e. The molecule has 2 amide bonds. The number of hydrogen-bond donors (Lipinski definition) is 0. The zero-order valence-corrected chi connectivity index (χ0v) is 18.5. The highest BCUT2D eigenvalue weighted by molar-refractivity contribution is 6.31. The number of amides is 2. The zero-order chi connectivity index (χ0) is 23.4. The molecule has 2 aliphatic heterocycles. The van der Waals surface area contributed by atoms with Gasteiger partial charge in [0.05, 0.1) is 22.4 Å². The van der Waals surface area contributed by atoms with Crippen LogP contribution in [0, 0.1) is 11.7 Å². The summed E-state index contributed by atoms with van der Waals surface area (Å²) >= 11 is 5.81. The van der Waals surface area contributed by atoms with E-state index in [1.54, 1.807) is 5.06 Å². The number of carbonyl (C=O) groups is 2. The number of benzene rings is 4. The second kappa shape index (κ2) is 7.94. The second-order valence-corrected chi connectivity index (χ2v) is 8.74. The van der Waals surface area contributed by atoms with Gasteiger partial charge in [0, 0.05) is 0 Å². The van der Waals surface area contributed by atoms with Crippen LogP contribution in [0.5, 0.6) is 0 Å². The molecule has 4 aromatic rings. The Morgan fingerprint density at radius 2 is 1.53 bits per heavy atom. The lowest BCUT2D eigenvalue weighted by Gasteiger charge is -2.29. The van der Waals surface area contributed by atoms with Crippen molar-refractivity contribution < 1.29 is 18.8 Å². The maximum atomic E-state index is 14.2. The van der Waals surface area contributed by atoms with E-state index in [1.165, 1.54) is 12.1 Å². The van der Waals surface area contributed by atoms with E-state index in [4.69, 9.17) is 16.4 Å². The van der Waals surface area contributed by atoms with E-state index in [2.05, 4.69) is 0 Å². The molecule has 0 aromatic heterocycles. The number of nitrogens with zero attached hydrogens (tertiary/aromatic N) is 2. The van der Waals surface area contributed by atoms with E-state index in [1.807, 2.05) is 72.8 Å². The van der Waals surface area contributed by atoms with E-state index in [0.717, 1.165) is 33.0 Å². The molecule has 0 N–H and O–H groups in total. The van der Waals surface area contributed by atoms with Crippen molar-refractivity contribution in [2.24, 2.45) is 5.92 Å². The lowest BCUT2D eigenvalue weighted by molar-refractivity contribution is -0.126. The van der Waals surface area contributed by atoms with Gasteiger partial charge in [-0.2, -0.15) is 0 Å². The minimum absolute atomic E-state index is 0.0804. The molecule has 0 unspecified atom stereocenters. The molecule has 7 heteroatoms. The third kappa shape index (κ3) is 3.10. The Bertz CT molecular complexity index is 1440. The minimum Gasteiger partial charge on any atom is -0.273 e. The Kier molecular flexibility index (Phi) is 4.86. The van der Waals surface area contributed by atoms with E-state index in [9.17, 15) is 14.0 Å². The average Bonchev–Trinajstić information content (AvgIpc) is 3.37. The summed E-state index contributed by atoms with van der Waals surface area (Å²) in [5, 5.41) is 3.57. The van der Waals surface area contributed by atoms with Gasteiger partial charge in [0.2, 0.25) is 5.91 Å². The monoisotopic (exact) mass is 472 g/mol. The fraction of sp³-hybridized carbons (Fsp3) is 0.111. The summed E-state index contributed by atoms with van der Waals surface area (Å²) in [6.45, 7) is 0. The largest absolute Gasteiger partial charge is 0.273 e. The molecule has 4 aromatic carbocycles. The first-order chi connectivity index (χ1) is 16.5. The van der Waals surface area contributed by atoms with Gasteiger partial charge >= 0.3 is 0 Å². The zero-order valence-electron chi connectivity index (χ0n) is 17.8. The summed E-state index contributed by atoms with van der Waals surface area (Å²) in [6.07, 6.45) is -1.03. The van der Waals surface area contributed by atoms with Gasteiger partial charge in [0.25, 0.3) is 5.91 Å². The summed E-state index contributed by atoms with van der Waals surface area (Å²) < 4.78 is 14.2. The van der Waals surface area contributed by atoms with Gasteiger partial charge in [-0.3, -0.25) is 14.4 Å². The first-order valence-corrected chi connectivity index (χ1v) is 11.2. The maximum absolute atomic E-state index is 14.2. The fourth-order valence-corrected chi connectivity index (χ4v) is 5.03. The fourth-order valence-electron chi connectivity index (χ4n) is 4.92. The summed E-state index contributed by atoms with van der Waals surface area (Å²) in [7, 11) is 0. The van der Waals surface area contributed by atoms with Crippen LogP contribution in [0.1, 0.15) is 11.6 Å². The van der Waals surface area contributed by atoms with Gasteiger partial charge in [-0.1, -0.05) is 72.3 Å². The summed E-state index contributed by atoms with van der Waals surface area (Å²) in [6, 6.07) is 26.5. The number of hydrogen-bond acceptors (Lipinski definition) is 4. The molecular weight excluding hydrogens is 455 g/mol. The van der Waals surface area contributed by atoms with Crippen LogP contribution in [0.4, 0.5) is 15.8 Å². The van der Waals surface area contributed by atoms with Crippen molar-refractivity contribution >= 4 is 45.6 Å². The number of fused-ring (bicyclic) bond motifs is 2. The number of hydroxylamine groups is 1. The first-order valence-electron chi connectivity index (χ1n) is 10.9. The van der Waals surface area contributed by atoms with Crippen LogP contribution in [-0.4, -0.2) is 17.9 Å². The molecule has 0 spiro atoms. The van der Waals surface area contributed by atoms with Crippen LogP contribution < -0.4 is 9.96 Å². The second-order valence-electron chi connectivity index (χ2n) is 8.34. The Hall–Kier alpha value is -3.74. The molecule has 2 heterocycles. The van der Waals surface area contributed by atoms with Crippen molar-refractivity contribution in [1.82, 2.24) is 0 Å². The third-order valence-electron chi connectivity index (χ3n) is 6.43. The van der Waals surface area contributed by atoms with Crippen molar-refractivity contribution in [3.8, 4) is 0 Å². The van der Waals surface area contributed by atoms with Crippen molar-refractivity contribution in [2.45, 2.75) is 12.1 Å². The molecule has 2 aliphatic rings. The highest BCUT2D eigenvalue weighted by Gasteiger charge is 2.60. The number of para-hydroxylation sites is 1. The van der Waals surface area contributed by atoms with Crippen molar-refractivity contribution in [3.05, 3.63) is 107 Å². The number of anilines is 2. The molecule has 34 heavy (non-hydrogen) atoms. The normalized spacial score (nSPS) is 22.0. The van der Waals surface area contributed by atoms with Crippen molar-refractivity contribution in [1.29, 1.82) is 0 Å². The lowest BCUT2D eigenvalue weighted by Crippen LogP contribution is -2.37. The lowest BCUT2D eigenvalue weighted by atomic mass is 9.87. The molecule has 0 saturated carbocycles. The number of carbonyl (C=O) groups excluding carboxylic acids is 2. The van der Waals surface area contributed by atoms with Crippen LogP contribution in [0.3, 0.4) is 0 Å². The summed E-state index contributed by atoms with van der Waals surface area (Å²) in [4.78, 5) is 34.3. The van der Waals surface area contributed by atoms with Crippen LogP contribution in [0.2, 0.25) is 5.02 Å². The van der Waals surface area contributed by atoms with Crippen molar-refractivity contribution in [3.63, 3.8) is 0 Å². The van der Waals surface area contributed by atoms with Crippen LogP contribution in [0.15, 0.2) is 91.0 Å². The van der Waals surface area contributed by atoms with E-state index < -0.39 is 35.7 Å². The van der Waals surface area contributed by atoms with Crippen LogP contribution in [-0.2, 0) is 14.4 Å². The quantitative estimate of drug-likeness (QED) is 0.360. The number of imide groups is 1. The molecule has 5 nitrogen and oxygen atoms in total. The predicted molar refractivity (Wildman–Crippen MR) is 128 cm³/mol. The molecular formula is C27H18ClFN2O3. The SMILES string of the molecule is O=C1[C@H]2[C@@H](c3cccc4ccccc34)N(c3ccccc3)O[C@H]2C(=O)N1c1ccc(Cl)c(F)c1. The van der Waals surface area contributed by atoms with Crippen LogP contribution in [0.25, 0.3) is 10.8 Å². The summed E-state index contributed by atoms with van der Waals surface area (Å²) in [5.74, 6) is -2.47. The van der Waals surface area contributed by atoms with Gasteiger partial charge < -0.3 is 0 Å². The van der Waals surface area contributed by atoms with Gasteiger partial charge in [0.1, 0.15) is 11.7 Å². The highest BCUT2D eigenvalue weighted by Crippen LogP contribution is 2.49. The molecule has 2 fully saturated rings. The maximum Gasteiger partial charge on any atom is 0.266 e. The third-order valence-corrected chi connectivity index (χ3v) is 6.74. The standard InChI is InChI=1S/C27H18ClFN2O3/c28-21-14-13-18(15-22(21)29)30-26(32)23-24(20-12-6-8-16-7-4-5-11-19(16)20)31(34-25(23)27(30)33)17-9-2-1-3-10-17/h1-15,23-25H/t23-,24+,25+/m0/s1. The molecule has 0 radical (unpaired) electrons. The van der Waals surface area contributed by atoms with Gasteiger partial charge in [0.15, 0.2) is 6.10 Å². The van der Waals surface area contributed by atoms with E-state index in [0.29, 0.717) is 0 Å². The van der Waals surface area contributed by atoms with E-state index >= 15 is 0 Å². The molecule has 2 saturated heterocycles. The average molecular weight is 473 g/mol. The number of rotatable bonds is 3. The number of halogens is 2. The Balaban J connectivity index is 1.50. The predicted octanol–water partition coefficient (Wildman–Crippen LogP) is 5.68. The molecule has 0 bridgehead atoms. The van der Waals surface area contributed by atoms with Gasteiger partial charge in [-0.15, -0.1) is 0 Å². The molecule has 6 rings (SSSR count). The van der Waals surface area contributed by atoms with E-state index in [-0.39, 0.29) is 10.7 Å². The minimum atomic E-state index is -1.03. The van der Waals surface area contributed by atoms with Gasteiger partial charge in [-0.05, 0) is 46.7 Å². The molecule has 0 aliphatic carbocycles. The topological polar surface area (TPSA) is 49.9 Å². The van der Waals surface area contributed by atoms with Crippen LogP contribution >= 0.6 is 11.6 Å². The van der Waals surface area contributed by atoms with Gasteiger partial charge in [-0.25, -0.2) is 14.4 Å². The van der Waals surface area contributed by atoms with Crippen molar-refractivity contribution in [2.75, 3.05) is 9.96 Å².